The molecule has 0 aliphatic rings. The van der Waals surface area contributed by atoms with Crippen molar-refractivity contribution >= 4 is 22.8 Å². The molecule has 0 aliphatic heterocycles. The number of pyridine rings is 1. The zero-order chi connectivity index (χ0) is 19.5. The molecule has 0 atom stereocenters. The number of hydrogen-bond donors (Lipinski definition) is 3. The number of hydrogen-bond acceptors (Lipinski definition) is 6. The SMILES string of the molecule is Nc1ncc2cc(-c3cccc(C(=O)NCc4ncccc4O)c3)ccc2n1. The zero-order valence-electron chi connectivity index (χ0n) is 14.8. The van der Waals surface area contributed by atoms with Crippen LogP contribution in [0.5, 0.6) is 5.75 Å². The summed E-state index contributed by atoms with van der Waals surface area (Å²) in [7, 11) is 0. The lowest BCUT2D eigenvalue weighted by atomic mass is 10.0. The van der Waals surface area contributed by atoms with E-state index in [1.54, 1.807) is 24.5 Å². The molecule has 0 spiro atoms. The van der Waals surface area contributed by atoms with Crippen molar-refractivity contribution in [3.63, 3.8) is 0 Å². The van der Waals surface area contributed by atoms with Gasteiger partial charge in [0.15, 0.2) is 0 Å². The summed E-state index contributed by atoms with van der Waals surface area (Å²) >= 11 is 0. The van der Waals surface area contributed by atoms with Crippen molar-refractivity contribution < 1.29 is 9.90 Å². The third-order valence-corrected chi connectivity index (χ3v) is 4.34. The lowest BCUT2D eigenvalue weighted by Gasteiger charge is -2.08. The average molecular weight is 371 g/mol. The van der Waals surface area contributed by atoms with Gasteiger partial charge >= 0.3 is 0 Å². The molecule has 0 saturated heterocycles. The van der Waals surface area contributed by atoms with Crippen molar-refractivity contribution in [1.29, 1.82) is 0 Å². The predicted octanol–water partition coefficient (Wildman–Crippen LogP) is 2.91. The first-order chi connectivity index (χ1) is 13.6. The molecule has 7 nitrogen and oxygen atoms in total. The van der Waals surface area contributed by atoms with Crippen LogP contribution in [0.4, 0.5) is 5.95 Å². The number of nitrogens with two attached hydrogens (primary N) is 1. The van der Waals surface area contributed by atoms with E-state index in [9.17, 15) is 9.90 Å². The summed E-state index contributed by atoms with van der Waals surface area (Å²) in [5.74, 6) is 0.0391. The van der Waals surface area contributed by atoms with Crippen molar-refractivity contribution in [2.45, 2.75) is 6.54 Å². The first-order valence-corrected chi connectivity index (χ1v) is 8.64. The Hall–Kier alpha value is -4.00. The molecule has 2 heterocycles. The van der Waals surface area contributed by atoms with Gasteiger partial charge in [-0.2, -0.15) is 0 Å². The standard InChI is InChI=1S/C21H17N5O2/c22-21-25-11-16-10-14(6-7-17(16)26-21)13-3-1-4-15(9-13)20(28)24-12-18-19(27)5-2-8-23-18/h1-11,27H,12H2,(H,24,28)(H2,22,25,26). The minimum absolute atomic E-state index is 0.0515. The first-order valence-electron chi connectivity index (χ1n) is 8.64. The molecule has 1 amide bonds. The number of benzene rings is 2. The van der Waals surface area contributed by atoms with Crippen LogP contribution in [-0.4, -0.2) is 26.0 Å². The van der Waals surface area contributed by atoms with Crippen molar-refractivity contribution in [3.05, 3.63) is 78.2 Å². The Morgan fingerprint density at radius 1 is 1.04 bits per heavy atom. The molecule has 138 valence electrons. The van der Waals surface area contributed by atoms with E-state index in [1.807, 2.05) is 36.4 Å². The summed E-state index contributed by atoms with van der Waals surface area (Å²) < 4.78 is 0. The number of carbonyl (C=O) groups is 1. The van der Waals surface area contributed by atoms with E-state index < -0.39 is 0 Å². The lowest BCUT2D eigenvalue weighted by Crippen LogP contribution is -2.23. The average Bonchev–Trinajstić information content (AvgIpc) is 2.72. The summed E-state index contributed by atoms with van der Waals surface area (Å²) in [6, 6.07) is 16.2. The molecule has 4 rings (SSSR count). The second-order valence-electron chi connectivity index (χ2n) is 6.23. The summed E-state index contributed by atoms with van der Waals surface area (Å²) in [4.78, 5) is 24.8. The van der Waals surface area contributed by atoms with Gasteiger partial charge in [-0.1, -0.05) is 18.2 Å². The van der Waals surface area contributed by atoms with Gasteiger partial charge in [0.05, 0.1) is 12.1 Å². The highest BCUT2D eigenvalue weighted by Crippen LogP contribution is 2.24. The number of aromatic nitrogens is 3. The van der Waals surface area contributed by atoms with Crippen LogP contribution < -0.4 is 11.1 Å². The maximum Gasteiger partial charge on any atom is 0.251 e. The van der Waals surface area contributed by atoms with Gasteiger partial charge in [0.1, 0.15) is 11.4 Å². The van der Waals surface area contributed by atoms with E-state index in [0.29, 0.717) is 11.3 Å². The Labute approximate surface area is 160 Å². The van der Waals surface area contributed by atoms with Crippen molar-refractivity contribution in [3.8, 4) is 16.9 Å². The Kier molecular flexibility index (Phi) is 4.55. The number of anilines is 1. The third-order valence-electron chi connectivity index (χ3n) is 4.34. The third kappa shape index (κ3) is 3.59. The second kappa shape index (κ2) is 7.32. The van der Waals surface area contributed by atoms with Gasteiger partial charge in [-0.15, -0.1) is 0 Å². The fraction of sp³-hybridized carbons (Fsp3) is 0.0476. The first kappa shape index (κ1) is 17.4. The van der Waals surface area contributed by atoms with Crippen molar-refractivity contribution in [2.75, 3.05) is 5.73 Å². The minimum atomic E-state index is -0.246. The van der Waals surface area contributed by atoms with Crippen LogP contribution in [0.15, 0.2) is 67.0 Å². The number of aromatic hydroxyl groups is 1. The van der Waals surface area contributed by atoms with Crippen LogP contribution in [0, 0.1) is 0 Å². The van der Waals surface area contributed by atoms with Gasteiger partial charge in [-0.3, -0.25) is 9.78 Å². The summed E-state index contributed by atoms with van der Waals surface area (Å²) in [5.41, 5.74) is 9.15. The van der Waals surface area contributed by atoms with Gasteiger partial charge < -0.3 is 16.2 Å². The van der Waals surface area contributed by atoms with Crippen LogP contribution in [0.2, 0.25) is 0 Å². The van der Waals surface area contributed by atoms with E-state index in [-0.39, 0.29) is 24.1 Å². The summed E-state index contributed by atoms with van der Waals surface area (Å²) in [6.45, 7) is 0.143. The van der Waals surface area contributed by atoms with Crippen LogP contribution in [0.3, 0.4) is 0 Å². The molecular formula is C21H17N5O2. The largest absolute Gasteiger partial charge is 0.506 e. The van der Waals surface area contributed by atoms with Crippen LogP contribution in [0.25, 0.3) is 22.0 Å². The zero-order valence-corrected chi connectivity index (χ0v) is 14.8. The molecule has 2 aromatic heterocycles. The highest BCUT2D eigenvalue weighted by atomic mass is 16.3. The fourth-order valence-electron chi connectivity index (χ4n) is 2.90. The van der Waals surface area contributed by atoms with Gasteiger partial charge in [0.2, 0.25) is 5.95 Å². The molecule has 0 bridgehead atoms. The Bertz CT molecular complexity index is 1180. The smallest absolute Gasteiger partial charge is 0.251 e. The monoisotopic (exact) mass is 371 g/mol. The summed E-state index contributed by atoms with van der Waals surface area (Å²) in [6.07, 6.45) is 3.25. The number of nitrogens with zero attached hydrogens (tertiary/aromatic N) is 3. The molecule has 0 aliphatic carbocycles. The minimum Gasteiger partial charge on any atom is -0.506 e. The highest BCUT2D eigenvalue weighted by molar-refractivity contribution is 5.95. The van der Waals surface area contributed by atoms with Crippen molar-refractivity contribution in [2.24, 2.45) is 0 Å². The van der Waals surface area contributed by atoms with E-state index in [2.05, 4.69) is 20.3 Å². The molecular weight excluding hydrogens is 354 g/mol. The van der Waals surface area contributed by atoms with Gasteiger partial charge in [-0.25, -0.2) is 9.97 Å². The van der Waals surface area contributed by atoms with Crippen LogP contribution >= 0.6 is 0 Å². The maximum atomic E-state index is 12.5. The van der Waals surface area contributed by atoms with Crippen LogP contribution in [-0.2, 0) is 6.54 Å². The van der Waals surface area contributed by atoms with E-state index >= 15 is 0 Å². The quantitative estimate of drug-likeness (QED) is 0.508. The molecule has 28 heavy (non-hydrogen) atoms. The summed E-state index contributed by atoms with van der Waals surface area (Å²) in [5, 5.41) is 13.4. The number of nitrogen functional groups attached to an aromatic ring is 1. The molecule has 0 saturated carbocycles. The van der Waals surface area contributed by atoms with Crippen molar-refractivity contribution in [1.82, 2.24) is 20.3 Å². The van der Waals surface area contributed by atoms with E-state index in [4.69, 9.17) is 5.73 Å². The lowest BCUT2D eigenvalue weighted by molar-refractivity contribution is 0.0950. The number of fused-ring (bicyclic) bond motifs is 1. The topological polar surface area (TPSA) is 114 Å². The van der Waals surface area contributed by atoms with Gasteiger partial charge in [0, 0.05) is 23.3 Å². The van der Waals surface area contributed by atoms with E-state index in [1.165, 1.54) is 6.07 Å². The number of nitrogens with one attached hydrogen (secondary N) is 1. The fourth-order valence-corrected chi connectivity index (χ4v) is 2.90. The van der Waals surface area contributed by atoms with E-state index in [0.717, 1.165) is 22.0 Å². The Morgan fingerprint density at radius 3 is 2.75 bits per heavy atom. The molecule has 0 radical (unpaired) electrons. The number of rotatable bonds is 4. The van der Waals surface area contributed by atoms with Crippen LogP contribution in [0.1, 0.15) is 16.1 Å². The molecule has 4 N–H and O–H groups in total. The van der Waals surface area contributed by atoms with Gasteiger partial charge in [0.25, 0.3) is 5.91 Å². The number of carbonyl (C=O) groups excluding carboxylic acids is 1. The molecule has 2 aromatic carbocycles. The molecule has 0 unspecified atom stereocenters. The van der Waals surface area contributed by atoms with Gasteiger partial charge in [-0.05, 0) is 47.5 Å². The highest BCUT2D eigenvalue weighted by Gasteiger charge is 2.10. The molecule has 0 fully saturated rings. The Morgan fingerprint density at radius 2 is 1.89 bits per heavy atom. The Balaban J connectivity index is 1.56. The maximum absolute atomic E-state index is 12.5. The predicted molar refractivity (Wildman–Crippen MR) is 106 cm³/mol. The normalized spacial score (nSPS) is 10.7. The molecule has 7 heteroatoms. The molecule has 4 aromatic rings. The second-order valence-corrected chi connectivity index (χ2v) is 6.23. The number of amides is 1.